The summed E-state index contributed by atoms with van der Waals surface area (Å²) in [6, 6.07) is 0.153. The summed E-state index contributed by atoms with van der Waals surface area (Å²) in [6.07, 6.45) is 0.155. The number of epoxide rings is 1. The Labute approximate surface area is 55.2 Å². The predicted molar refractivity (Wildman–Crippen MR) is 33.1 cm³/mol. The quantitative estimate of drug-likeness (QED) is 0.445. The van der Waals surface area contributed by atoms with Gasteiger partial charge in [0.05, 0.1) is 6.10 Å². The molecule has 2 unspecified atom stereocenters. The highest BCUT2D eigenvalue weighted by Crippen LogP contribution is 2.24. The van der Waals surface area contributed by atoms with Crippen molar-refractivity contribution < 1.29 is 9.94 Å². The third kappa shape index (κ3) is 1.41. The zero-order valence-corrected chi connectivity index (χ0v) is 6.03. The van der Waals surface area contributed by atoms with Crippen LogP contribution in [0.3, 0.4) is 0 Å². The van der Waals surface area contributed by atoms with E-state index in [1.807, 2.05) is 20.8 Å². The first-order chi connectivity index (χ1) is 4.13. The summed E-state index contributed by atoms with van der Waals surface area (Å²) < 4.78 is 5.02. The van der Waals surface area contributed by atoms with Crippen molar-refractivity contribution in [3.05, 3.63) is 0 Å². The van der Waals surface area contributed by atoms with Gasteiger partial charge in [-0.15, -0.1) is 0 Å². The lowest BCUT2D eigenvalue weighted by Gasteiger charge is -2.15. The highest BCUT2D eigenvalue weighted by Gasteiger charge is 2.40. The molecule has 0 amide bonds. The second-order valence-corrected chi connectivity index (χ2v) is 2.71. The van der Waals surface area contributed by atoms with Gasteiger partial charge in [0.15, 0.2) is 6.23 Å². The van der Waals surface area contributed by atoms with Crippen molar-refractivity contribution in [1.82, 2.24) is 5.06 Å². The van der Waals surface area contributed by atoms with Gasteiger partial charge in [-0.25, -0.2) is 0 Å². The number of hydrogen-bond donors (Lipinski definition) is 1. The number of nitrogens with zero attached hydrogens (tertiary/aromatic N) is 1. The van der Waals surface area contributed by atoms with Gasteiger partial charge in [0, 0.05) is 6.04 Å². The van der Waals surface area contributed by atoms with Crippen LogP contribution in [0.1, 0.15) is 20.8 Å². The van der Waals surface area contributed by atoms with E-state index in [-0.39, 0.29) is 18.4 Å². The molecule has 0 saturated carbocycles. The lowest BCUT2D eigenvalue weighted by atomic mass is 10.3. The van der Waals surface area contributed by atoms with E-state index in [0.717, 1.165) is 0 Å². The topological polar surface area (TPSA) is 36.0 Å². The molecule has 1 fully saturated rings. The van der Waals surface area contributed by atoms with Crippen LogP contribution in [0.4, 0.5) is 0 Å². The van der Waals surface area contributed by atoms with Gasteiger partial charge in [-0.3, -0.25) is 0 Å². The van der Waals surface area contributed by atoms with E-state index in [1.165, 1.54) is 5.06 Å². The molecule has 0 aromatic heterocycles. The molecular formula is C6H13NO2. The van der Waals surface area contributed by atoms with E-state index in [2.05, 4.69) is 0 Å². The summed E-state index contributed by atoms with van der Waals surface area (Å²) in [4.78, 5) is 0. The number of rotatable bonds is 2. The minimum absolute atomic E-state index is 0.0509. The van der Waals surface area contributed by atoms with Crippen LogP contribution in [0.2, 0.25) is 0 Å². The van der Waals surface area contributed by atoms with Gasteiger partial charge in [0.1, 0.15) is 0 Å². The van der Waals surface area contributed by atoms with Gasteiger partial charge in [0.25, 0.3) is 0 Å². The number of hydrogen-bond acceptors (Lipinski definition) is 3. The summed E-state index contributed by atoms with van der Waals surface area (Å²) in [7, 11) is 0. The van der Waals surface area contributed by atoms with Crippen LogP contribution in [0, 0.1) is 0 Å². The Morgan fingerprint density at radius 1 is 1.56 bits per heavy atom. The Kier molecular flexibility index (Phi) is 1.75. The molecule has 0 aromatic rings. The molecule has 1 aliphatic heterocycles. The van der Waals surface area contributed by atoms with E-state index in [0.29, 0.717) is 0 Å². The van der Waals surface area contributed by atoms with Crippen molar-refractivity contribution in [2.45, 2.75) is 39.1 Å². The molecule has 0 aliphatic carbocycles. The molecule has 54 valence electrons. The molecule has 0 aromatic carbocycles. The van der Waals surface area contributed by atoms with Gasteiger partial charge in [-0.2, -0.15) is 5.06 Å². The Morgan fingerprint density at radius 3 is 2.11 bits per heavy atom. The molecule has 0 radical (unpaired) electrons. The molecule has 0 bridgehead atoms. The molecule has 2 atom stereocenters. The largest absolute Gasteiger partial charge is 0.351 e. The maximum absolute atomic E-state index is 9.14. The zero-order valence-electron chi connectivity index (χ0n) is 6.03. The standard InChI is InChI=1S/C6H13NO2/c1-4(2)7(8)6-5(3)9-6/h4-6,8H,1-3H3. The zero-order chi connectivity index (χ0) is 7.02. The van der Waals surface area contributed by atoms with Crippen LogP contribution in [-0.4, -0.2) is 28.6 Å². The number of ether oxygens (including phenoxy) is 1. The second-order valence-electron chi connectivity index (χ2n) is 2.71. The highest BCUT2D eigenvalue weighted by atomic mass is 16.7. The summed E-state index contributed by atoms with van der Waals surface area (Å²) in [5.41, 5.74) is 0. The monoisotopic (exact) mass is 131 g/mol. The maximum atomic E-state index is 9.14. The Balaban J connectivity index is 2.27. The van der Waals surface area contributed by atoms with Crippen molar-refractivity contribution in [3.8, 4) is 0 Å². The van der Waals surface area contributed by atoms with Gasteiger partial charge in [0.2, 0.25) is 0 Å². The molecule has 1 heterocycles. The van der Waals surface area contributed by atoms with Crippen LogP contribution in [0.5, 0.6) is 0 Å². The Bertz CT molecular complexity index is 105. The Hall–Kier alpha value is -0.120. The summed E-state index contributed by atoms with van der Waals surface area (Å²) >= 11 is 0. The van der Waals surface area contributed by atoms with E-state index < -0.39 is 0 Å². The van der Waals surface area contributed by atoms with E-state index in [1.54, 1.807) is 0 Å². The maximum Gasteiger partial charge on any atom is 0.159 e. The number of hydroxylamine groups is 2. The second kappa shape index (κ2) is 2.25. The van der Waals surface area contributed by atoms with E-state index in [4.69, 9.17) is 9.94 Å². The normalized spacial score (nSPS) is 34.0. The molecule has 1 saturated heterocycles. The molecule has 1 aliphatic rings. The van der Waals surface area contributed by atoms with Gasteiger partial charge in [-0.1, -0.05) is 0 Å². The summed E-state index contributed by atoms with van der Waals surface area (Å²) in [5, 5.41) is 10.4. The van der Waals surface area contributed by atoms with E-state index in [9.17, 15) is 0 Å². The highest BCUT2D eigenvalue weighted by molar-refractivity contribution is 4.77. The average molecular weight is 131 g/mol. The van der Waals surface area contributed by atoms with E-state index >= 15 is 0 Å². The molecule has 3 heteroatoms. The molecular weight excluding hydrogens is 118 g/mol. The third-order valence-electron chi connectivity index (χ3n) is 1.47. The van der Waals surface area contributed by atoms with Crippen LogP contribution >= 0.6 is 0 Å². The molecule has 3 nitrogen and oxygen atoms in total. The van der Waals surface area contributed by atoms with Gasteiger partial charge in [-0.05, 0) is 20.8 Å². The minimum atomic E-state index is -0.0509. The van der Waals surface area contributed by atoms with Gasteiger partial charge < -0.3 is 9.94 Å². The minimum Gasteiger partial charge on any atom is -0.351 e. The SMILES string of the molecule is CC1OC1N(O)C(C)C. The van der Waals surface area contributed by atoms with Crippen molar-refractivity contribution in [2.75, 3.05) is 0 Å². The smallest absolute Gasteiger partial charge is 0.159 e. The summed E-state index contributed by atoms with van der Waals surface area (Å²) in [6.45, 7) is 5.79. The van der Waals surface area contributed by atoms with Crippen LogP contribution < -0.4 is 0 Å². The van der Waals surface area contributed by atoms with Crippen LogP contribution in [-0.2, 0) is 4.74 Å². The molecule has 9 heavy (non-hydrogen) atoms. The third-order valence-corrected chi connectivity index (χ3v) is 1.47. The first kappa shape index (κ1) is 6.99. The fourth-order valence-corrected chi connectivity index (χ4v) is 0.746. The molecule has 0 spiro atoms. The molecule has 1 N–H and O–H groups in total. The van der Waals surface area contributed by atoms with Gasteiger partial charge >= 0.3 is 0 Å². The predicted octanol–water partition coefficient (Wildman–Crippen LogP) is 0.831. The van der Waals surface area contributed by atoms with Crippen molar-refractivity contribution >= 4 is 0 Å². The lowest BCUT2D eigenvalue weighted by molar-refractivity contribution is -0.148. The molecule has 1 rings (SSSR count). The van der Waals surface area contributed by atoms with Crippen LogP contribution in [0.15, 0.2) is 0 Å². The Morgan fingerprint density at radius 2 is 2.00 bits per heavy atom. The lowest BCUT2D eigenvalue weighted by Crippen LogP contribution is -2.30. The van der Waals surface area contributed by atoms with Crippen molar-refractivity contribution in [2.24, 2.45) is 0 Å². The van der Waals surface area contributed by atoms with Crippen molar-refractivity contribution in [1.29, 1.82) is 0 Å². The van der Waals surface area contributed by atoms with Crippen LogP contribution in [0.25, 0.3) is 0 Å². The fourth-order valence-electron chi connectivity index (χ4n) is 0.746. The first-order valence-electron chi connectivity index (χ1n) is 3.25. The van der Waals surface area contributed by atoms with Crippen molar-refractivity contribution in [3.63, 3.8) is 0 Å². The summed E-state index contributed by atoms with van der Waals surface area (Å²) in [5.74, 6) is 0. The average Bonchev–Trinajstić information content (AvgIpc) is 2.44. The first-order valence-corrected chi connectivity index (χ1v) is 3.25. The fraction of sp³-hybridized carbons (Fsp3) is 1.00.